The normalized spacial score (nSPS) is 19.0. The molecule has 28 heavy (non-hydrogen) atoms. The van der Waals surface area contributed by atoms with Crippen molar-refractivity contribution in [3.8, 4) is 0 Å². The maximum absolute atomic E-state index is 13.3. The number of hydrogen-bond donors (Lipinski definition) is 0. The van der Waals surface area contributed by atoms with Crippen LogP contribution >= 0.6 is 11.8 Å². The number of benzene rings is 2. The fourth-order valence-corrected chi connectivity index (χ4v) is 9.37. The lowest BCUT2D eigenvalue weighted by molar-refractivity contribution is -0.144. The van der Waals surface area contributed by atoms with Crippen LogP contribution in [0.5, 0.6) is 0 Å². The molecule has 6 heteroatoms. The van der Waals surface area contributed by atoms with Crippen LogP contribution in [0.4, 0.5) is 0 Å². The van der Waals surface area contributed by atoms with E-state index in [1.54, 1.807) is 10.3 Å². The standard InChI is InChI=1S/C22H23NO3SSi/c1-22(2,3)28(16-10-6-4-7-11-16,17-12-8-5-9-13-17)26-21(25)18-15-27-20-14-19(24)23(18)20/h4-13,15,20H,14H2,1-3H3/t20-/m0/s1. The van der Waals surface area contributed by atoms with Crippen molar-refractivity contribution in [2.75, 3.05) is 0 Å². The summed E-state index contributed by atoms with van der Waals surface area (Å²) in [5, 5.41) is 3.61. The van der Waals surface area contributed by atoms with Gasteiger partial charge in [-0.25, -0.2) is 4.79 Å². The van der Waals surface area contributed by atoms with Crippen molar-refractivity contribution in [1.29, 1.82) is 0 Å². The van der Waals surface area contributed by atoms with E-state index in [9.17, 15) is 9.59 Å². The minimum Gasteiger partial charge on any atom is -0.505 e. The van der Waals surface area contributed by atoms with Crippen molar-refractivity contribution in [2.45, 2.75) is 37.6 Å². The van der Waals surface area contributed by atoms with Gasteiger partial charge in [-0.3, -0.25) is 9.69 Å². The van der Waals surface area contributed by atoms with E-state index in [1.165, 1.54) is 11.8 Å². The molecule has 144 valence electrons. The van der Waals surface area contributed by atoms with E-state index in [-0.39, 0.29) is 16.3 Å². The molecular weight excluding hydrogens is 386 g/mol. The SMILES string of the molecule is CC(C)(C)[Si](OC(=O)C1=CS[C@H]2CC(=O)N12)(c1ccccc1)c1ccccc1. The van der Waals surface area contributed by atoms with E-state index in [1.807, 2.05) is 60.7 Å². The van der Waals surface area contributed by atoms with E-state index in [2.05, 4.69) is 20.8 Å². The summed E-state index contributed by atoms with van der Waals surface area (Å²) in [6, 6.07) is 20.1. The second kappa shape index (κ2) is 6.94. The van der Waals surface area contributed by atoms with Gasteiger partial charge in [-0.2, -0.15) is 0 Å². The first-order chi connectivity index (χ1) is 13.3. The topological polar surface area (TPSA) is 46.6 Å². The molecule has 2 heterocycles. The minimum atomic E-state index is -2.97. The maximum Gasteiger partial charge on any atom is 0.342 e. The van der Waals surface area contributed by atoms with Crippen LogP contribution < -0.4 is 10.4 Å². The number of amides is 1. The van der Waals surface area contributed by atoms with Gasteiger partial charge in [0.25, 0.3) is 0 Å². The van der Waals surface area contributed by atoms with Gasteiger partial charge in [0.1, 0.15) is 5.70 Å². The predicted octanol–water partition coefficient (Wildman–Crippen LogP) is 3.24. The van der Waals surface area contributed by atoms with Crippen LogP contribution in [-0.2, 0) is 14.0 Å². The molecule has 0 aliphatic carbocycles. The quantitative estimate of drug-likeness (QED) is 0.575. The van der Waals surface area contributed by atoms with Crippen molar-refractivity contribution >= 4 is 42.3 Å². The second-order valence-corrected chi connectivity index (χ2v) is 13.4. The van der Waals surface area contributed by atoms with Gasteiger partial charge < -0.3 is 4.43 Å². The molecule has 1 saturated heterocycles. The second-order valence-electron chi connectivity index (χ2n) is 8.11. The molecule has 1 fully saturated rings. The number of carbonyl (C=O) groups excluding carboxylic acids is 2. The fourth-order valence-electron chi connectivity index (χ4n) is 3.97. The third-order valence-corrected chi connectivity index (χ3v) is 11.3. The number of nitrogens with zero attached hydrogens (tertiary/aromatic N) is 1. The Kier molecular flexibility index (Phi) is 4.71. The van der Waals surface area contributed by atoms with Gasteiger partial charge in [-0.05, 0) is 15.4 Å². The van der Waals surface area contributed by atoms with E-state index in [0.717, 1.165) is 10.4 Å². The molecule has 0 unspecified atom stereocenters. The van der Waals surface area contributed by atoms with Crippen LogP contribution in [0.1, 0.15) is 27.2 Å². The number of hydrogen-bond acceptors (Lipinski definition) is 4. The lowest BCUT2D eigenvalue weighted by Gasteiger charge is -2.43. The van der Waals surface area contributed by atoms with Crippen LogP contribution in [0.25, 0.3) is 0 Å². The number of rotatable bonds is 4. The molecule has 0 bridgehead atoms. The van der Waals surface area contributed by atoms with Gasteiger partial charge >= 0.3 is 14.3 Å². The Balaban J connectivity index is 1.81. The molecule has 0 N–H and O–H groups in total. The van der Waals surface area contributed by atoms with Gasteiger partial charge in [0, 0.05) is 5.41 Å². The molecule has 0 aromatic heterocycles. The molecule has 4 nitrogen and oxygen atoms in total. The summed E-state index contributed by atoms with van der Waals surface area (Å²) >= 11 is 1.52. The lowest BCUT2D eigenvalue weighted by atomic mass is 10.2. The van der Waals surface area contributed by atoms with Gasteiger partial charge in [0.2, 0.25) is 5.91 Å². The van der Waals surface area contributed by atoms with Crippen LogP contribution in [0, 0.1) is 0 Å². The van der Waals surface area contributed by atoms with E-state index in [0.29, 0.717) is 12.1 Å². The summed E-state index contributed by atoms with van der Waals surface area (Å²) < 4.78 is 6.48. The van der Waals surface area contributed by atoms with Crippen LogP contribution in [0.15, 0.2) is 71.8 Å². The summed E-state index contributed by atoms with van der Waals surface area (Å²) in [6.45, 7) is 6.38. The molecule has 2 aromatic carbocycles. The first-order valence-corrected chi connectivity index (χ1v) is 12.2. The lowest BCUT2D eigenvalue weighted by Crippen LogP contribution is -2.67. The molecule has 2 aliphatic heterocycles. The number of fused-ring (bicyclic) bond motifs is 1. The van der Waals surface area contributed by atoms with Crippen molar-refractivity contribution in [2.24, 2.45) is 0 Å². The Hall–Kier alpha value is -2.31. The molecule has 1 atom stereocenters. The highest BCUT2D eigenvalue weighted by atomic mass is 32.2. The zero-order valence-electron chi connectivity index (χ0n) is 16.2. The zero-order valence-corrected chi connectivity index (χ0v) is 18.0. The maximum atomic E-state index is 13.3. The van der Waals surface area contributed by atoms with Gasteiger partial charge in [-0.15, -0.1) is 11.8 Å². The molecule has 0 radical (unpaired) electrons. The van der Waals surface area contributed by atoms with Crippen molar-refractivity contribution in [3.05, 3.63) is 71.8 Å². The largest absolute Gasteiger partial charge is 0.505 e. The molecule has 2 aromatic rings. The molecule has 2 aliphatic rings. The average molecular weight is 410 g/mol. The van der Waals surface area contributed by atoms with Crippen LogP contribution in [0.3, 0.4) is 0 Å². The molecule has 0 saturated carbocycles. The zero-order chi connectivity index (χ0) is 19.9. The average Bonchev–Trinajstić information content (AvgIpc) is 3.03. The molecule has 0 spiro atoms. The Labute approximate surface area is 170 Å². The van der Waals surface area contributed by atoms with Crippen LogP contribution in [0.2, 0.25) is 5.04 Å². The number of thioether (sulfide) groups is 1. The van der Waals surface area contributed by atoms with Crippen molar-refractivity contribution < 1.29 is 14.0 Å². The molecule has 1 amide bonds. The first-order valence-electron chi connectivity index (χ1n) is 9.37. The molecular formula is C22H23NO3SSi. The highest BCUT2D eigenvalue weighted by Gasteiger charge is 2.55. The third-order valence-electron chi connectivity index (χ3n) is 5.37. The Morgan fingerprint density at radius 1 is 1.04 bits per heavy atom. The highest BCUT2D eigenvalue weighted by molar-refractivity contribution is 8.03. The summed E-state index contributed by atoms with van der Waals surface area (Å²) in [5.74, 6) is -0.419. The summed E-state index contributed by atoms with van der Waals surface area (Å²) in [5.41, 5.74) is 0.374. The highest BCUT2D eigenvalue weighted by Crippen LogP contribution is 2.43. The summed E-state index contributed by atoms with van der Waals surface area (Å²) in [7, 11) is -2.97. The van der Waals surface area contributed by atoms with E-state index >= 15 is 0 Å². The Morgan fingerprint density at radius 2 is 1.57 bits per heavy atom. The van der Waals surface area contributed by atoms with Gasteiger partial charge in [0.05, 0.1) is 11.8 Å². The summed E-state index contributed by atoms with van der Waals surface area (Å²) in [4.78, 5) is 26.9. The number of β-lactam (4-membered cyclic amide) rings is 1. The first kappa shape index (κ1) is 19.0. The van der Waals surface area contributed by atoms with Gasteiger partial charge in [0.15, 0.2) is 0 Å². The molecule has 4 rings (SSSR count). The monoisotopic (exact) mass is 409 g/mol. The van der Waals surface area contributed by atoms with Crippen molar-refractivity contribution in [3.63, 3.8) is 0 Å². The fraction of sp³-hybridized carbons (Fsp3) is 0.273. The van der Waals surface area contributed by atoms with E-state index in [4.69, 9.17) is 4.43 Å². The minimum absolute atomic E-state index is 0.0133. The third kappa shape index (κ3) is 2.91. The Bertz CT molecular complexity index is 898. The van der Waals surface area contributed by atoms with Crippen molar-refractivity contribution in [1.82, 2.24) is 4.90 Å². The summed E-state index contributed by atoms with van der Waals surface area (Å²) in [6.07, 6.45) is 0.483. The van der Waals surface area contributed by atoms with E-state index < -0.39 is 14.3 Å². The smallest absolute Gasteiger partial charge is 0.342 e. The predicted molar refractivity (Wildman–Crippen MR) is 115 cm³/mol. The van der Waals surface area contributed by atoms with Crippen LogP contribution in [-0.4, -0.2) is 30.5 Å². The van der Waals surface area contributed by atoms with Gasteiger partial charge in [-0.1, -0.05) is 81.4 Å². The Morgan fingerprint density at radius 3 is 2.04 bits per heavy atom. The number of carbonyl (C=O) groups is 2.